The van der Waals surface area contributed by atoms with Gasteiger partial charge in [0, 0.05) is 0 Å². The summed E-state index contributed by atoms with van der Waals surface area (Å²) < 4.78 is 6.03. The minimum Gasteiger partial charge on any atom is -0.390 e. The first-order chi connectivity index (χ1) is 6.78. The predicted octanol–water partition coefficient (Wildman–Crippen LogP) is 3.13. The maximum atomic E-state index is 10.2. The van der Waals surface area contributed by atoms with E-state index in [4.69, 9.17) is 4.74 Å². The van der Waals surface area contributed by atoms with Crippen LogP contribution in [-0.2, 0) is 4.74 Å². The maximum Gasteiger partial charge on any atom is 0.0852 e. The van der Waals surface area contributed by atoms with E-state index in [1.165, 1.54) is 0 Å². The van der Waals surface area contributed by atoms with Crippen molar-refractivity contribution in [2.45, 2.75) is 78.1 Å². The van der Waals surface area contributed by atoms with Crippen LogP contribution < -0.4 is 0 Å². The number of hydrogen-bond donors (Lipinski definition) is 1. The van der Waals surface area contributed by atoms with Gasteiger partial charge in [0.05, 0.1) is 17.8 Å². The van der Waals surface area contributed by atoms with Crippen molar-refractivity contribution in [1.29, 1.82) is 0 Å². The summed E-state index contributed by atoms with van der Waals surface area (Å²) in [5, 5.41) is 10.2. The van der Waals surface area contributed by atoms with Crippen molar-refractivity contribution in [3.63, 3.8) is 0 Å². The van der Waals surface area contributed by atoms with Crippen molar-refractivity contribution >= 4 is 0 Å². The molecule has 2 atom stereocenters. The van der Waals surface area contributed by atoms with E-state index in [2.05, 4.69) is 34.6 Å². The Morgan fingerprint density at radius 1 is 1.40 bits per heavy atom. The van der Waals surface area contributed by atoms with Gasteiger partial charge in [0.25, 0.3) is 0 Å². The summed E-state index contributed by atoms with van der Waals surface area (Å²) in [7, 11) is 0. The van der Waals surface area contributed by atoms with Crippen molar-refractivity contribution in [2.24, 2.45) is 5.41 Å². The van der Waals surface area contributed by atoms with Gasteiger partial charge in [-0.25, -0.2) is 0 Å². The molecule has 0 aliphatic heterocycles. The molecule has 2 heteroatoms. The molecule has 0 aromatic rings. The summed E-state index contributed by atoms with van der Waals surface area (Å²) >= 11 is 0. The van der Waals surface area contributed by atoms with Crippen LogP contribution >= 0.6 is 0 Å². The third kappa shape index (κ3) is 3.18. The summed E-state index contributed by atoms with van der Waals surface area (Å²) in [6, 6.07) is 0. The highest BCUT2D eigenvalue weighted by molar-refractivity contribution is 4.90. The smallest absolute Gasteiger partial charge is 0.0852 e. The molecule has 0 saturated heterocycles. The second kappa shape index (κ2) is 4.42. The van der Waals surface area contributed by atoms with Crippen LogP contribution in [0.3, 0.4) is 0 Å². The lowest BCUT2D eigenvalue weighted by Gasteiger charge is -2.43. The highest BCUT2D eigenvalue weighted by Crippen LogP contribution is 2.38. The van der Waals surface area contributed by atoms with Gasteiger partial charge in [-0.3, -0.25) is 0 Å². The lowest BCUT2D eigenvalue weighted by molar-refractivity contribution is -0.164. The van der Waals surface area contributed by atoms with Crippen molar-refractivity contribution in [3.8, 4) is 0 Å². The van der Waals surface area contributed by atoms with Crippen LogP contribution in [0.25, 0.3) is 0 Å². The molecule has 2 unspecified atom stereocenters. The molecule has 1 N–H and O–H groups in total. The molecule has 90 valence electrons. The number of aliphatic hydroxyl groups is 1. The molecular weight excluding hydrogens is 188 g/mol. The molecule has 0 spiro atoms. The maximum absolute atomic E-state index is 10.2. The fourth-order valence-corrected chi connectivity index (χ4v) is 2.18. The largest absolute Gasteiger partial charge is 0.390 e. The zero-order chi connectivity index (χ0) is 11.7. The summed E-state index contributed by atoms with van der Waals surface area (Å²) in [5.41, 5.74) is -0.105. The minimum absolute atomic E-state index is 0.00668. The van der Waals surface area contributed by atoms with E-state index in [1.807, 2.05) is 0 Å². The summed E-state index contributed by atoms with van der Waals surface area (Å²) in [4.78, 5) is 0. The van der Waals surface area contributed by atoms with Crippen molar-refractivity contribution in [3.05, 3.63) is 0 Å². The zero-order valence-corrected chi connectivity index (χ0v) is 10.8. The molecule has 1 rings (SSSR count). The third-order valence-electron chi connectivity index (χ3n) is 3.78. The van der Waals surface area contributed by atoms with E-state index < -0.39 is 0 Å². The molecule has 1 saturated carbocycles. The van der Waals surface area contributed by atoms with Crippen molar-refractivity contribution < 1.29 is 9.84 Å². The number of hydrogen-bond acceptors (Lipinski definition) is 2. The quantitative estimate of drug-likeness (QED) is 0.782. The van der Waals surface area contributed by atoms with Gasteiger partial charge in [0.15, 0.2) is 0 Å². The van der Waals surface area contributed by atoms with Crippen LogP contribution in [0.2, 0.25) is 0 Å². The van der Waals surface area contributed by atoms with Crippen molar-refractivity contribution in [1.82, 2.24) is 0 Å². The standard InChI is InChI=1S/C13H26O2/c1-6-13(4,5)15-10-8-7-9-12(2,3)11(10)14/h10-11,14H,6-9H2,1-5H3. The molecule has 0 amide bonds. The molecular formula is C13H26O2. The average molecular weight is 214 g/mol. The number of aliphatic hydroxyl groups excluding tert-OH is 1. The van der Waals surface area contributed by atoms with E-state index in [-0.39, 0.29) is 23.2 Å². The molecule has 0 radical (unpaired) electrons. The van der Waals surface area contributed by atoms with E-state index in [0.29, 0.717) is 0 Å². The van der Waals surface area contributed by atoms with E-state index in [1.54, 1.807) is 0 Å². The molecule has 1 fully saturated rings. The summed E-state index contributed by atoms with van der Waals surface area (Å²) in [5.74, 6) is 0. The molecule has 15 heavy (non-hydrogen) atoms. The first-order valence-electron chi connectivity index (χ1n) is 6.14. The Kier molecular flexibility index (Phi) is 3.83. The Morgan fingerprint density at radius 2 is 2.00 bits per heavy atom. The van der Waals surface area contributed by atoms with Gasteiger partial charge in [0.1, 0.15) is 0 Å². The monoisotopic (exact) mass is 214 g/mol. The Balaban J connectivity index is 2.62. The Bertz CT molecular complexity index is 209. The van der Waals surface area contributed by atoms with E-state index in [9.17, 15) is 5.11 Å². The van der Waals surface area contributed by atoms with Gasteiger partial charge in [-0.1, -0.05) is 27.2 Å². The number of ether oxygens (including phenoxy) is 1. The Hall–Kier alpha value is -0.0800. The summed E-state index contributed by atoms with van der Waals surface area (Å²) in [6.45, 7) is 10.6. The summed E-state index contributed by atoms with van der Waals surface area (Å²) in [6.07, 6.45) is 3.93. The molecule has 0 aromatic carbocycles. The SMILES string of the molecule is CCC(C)(C)OC1CCCC(C)(C)C1O. The van der Waals surface area contributed by atoms with Crippen molar-refractivity contribution in [2.75, 3.05) is 0 Å². The number of rotatable bonds is 3. The Labute approximate surface area is 94.0 Å². The van der Waals surface area contributed by atoms with Crippen LogP contribution in [0.5, 0.6) is 0 Å². The lowest BCUT2D eigenvalue weighted by atomic mass is 9.73. The van der Waals surface area contributed by atoms with Gasteiger partial charge >= 0.3 is 0 Å². The highest BCUT2D eigenvalue weighted by Gasteiger charge is 2.40. The van der Waals surface area contributed by atoms with Crippen LogP contribution in [0.15, 0.2) is 0 Å². The zero-order valence-electron chi connectivity index (χ0n) is 10.8. The molecule has 1 aliphatic carbocycles. The second-order valence-corrected chi connectivity index (χ2v) is 6.10. The third-order valence-corrected chi connectivity index (χ3v) is 3.78. The lowest BCUT2D eigenvalue weighted by Crippen LogP contribution is -2.47. The fourth-order valence-electron chi connectivity index (χ4n) is 2.18. The molecule has 0 aromatic heterocycles. The van der Waals surface area contributed by atoms with Gasteiger partial charge in [0.2, 0.25) is 0 Å². The average Bonchev–Trinajstić information content (AvgIpc) is 2.13. The van der Waals surface area contributed by atoms with Gasteiger partial charge in [-0.05, 0) is 38.5 Å². The predicted molar refractivity (Wildman–Crippen MR) is 62.9 cm³/mol. The Morgan fingerprint density at radius 3 is 2.53 bits per heavy atom. The highest BCUT2D eigenvalue weighted by atomic mass is 16.5. The van der Waals surface area contributed by atoms with Gasteiger partial charge in [-0.2, -0.15) is 0 Å². The van der Waals surface area contributed by atoms with Gasteiger partial charge < -0.3 is 9.84 Å². The molecule has 0 heterocycles. The first-order valence-corrected chi connectivity index (χ1v) is 6.14. The molecule has 0 bridgehead atoms. The topological polar surface area (TPSA) is 29.5 Å². The second-order valence-electron chi connectivity index (χ2n) is 6.10. The first kappa shape index (κ1) is 13.0. The normalized spacial score (nSPS) is 31.6. The van der Waals surface area contributed by atoms with Crippen LogP contribution in [0.1, 0.15) is 60.3 Å². The van der Waals surface area contributed by atoms with Crippen LogP contribution in [-0.4, -0.2) is 22.9 Å². The van der Waals surface area contributed by atoms with E-state index >= 15 is 0 Å². The van der Waals surface area contributed by atoms with Crippen LogP contribution in [0.4, 0.5) is 0 Å². The van der Waals surface area contributed by atoms with Crippen LogP contribution in [0, 0.1) is 5.41 Å². The van der Waals surface area contributed by atoms with E-state index in [0.717, 1.165) is 25.7 Å². The van der Waals surface area contributed by atoms with Gasteiger partial charge in [-0.15, -0.1) is 0 Å². The molecule has 2 nitrogen and oxygen atoms in total. The fraction of sp³-hybridized carbons (Fsp3) is 1.00. The molecule has 1 aliphatic rings. The minimum atomic E-state index is -0.322.